The number of anilines is 3. The Bertz CT molecular complexity index is 1070. The van der Waals surface area contributed by atoms with Crippen molar-refractivity contribution in [3.63, 3.8) is 0 Å². The molecule has 0 saturated heterocycles. The van der Waals surface area contributed by atoms with Gasteiger partial charge in [-0.1, -0.05) is 6.92 Å². The van der Waals surface area contributed by atoms with Gasteiger partial charge in [0.25, 0.3) is 5.69 Å². The standard InChI is InChI=1S/C19H21F3N4O5S/c1-2-11-32(30,31)25-15-6-4-14(5-7-15)24-18(27)9-10-23-16-8-3-13(19(20,21)22)12-17(16)26(28)29/h3-8,12,23,25H,2,9-11H2,1H3,(H,24,27). The molecule has 2 aromatic carbocycles. The van der Waals surface area contributed by atoms with Crippen molar-refractivity contribution >= 4 is 38.7 Å². The molecule has 0 aromatic heterocycles. The van der Waals surface area contributed by atoms with E-state index in [1.807, 2.05) is 0 Å². The average Bonchev–Trinajstić information content (AvgIpc) is 2.68. The van der Waals surface area contributed by atoms with Gasteiger partial charge in [-0.05, 0) is 42.8 Å². The van der Waals surface area contributed by atoms with Gasteiger partial charge in [0.05, 0.1) is 16.2 Å². The van der Waals surface area contributed by atoms with Crippen molar-refractivity contribution < 1.29 is 31.3 Å². The van der Waals surface area contributed by atoms with Gasteiger partial charge < -0.3 is 10.6 Å². The number of benzene rings is 2. The lowest BCUT2D eigenvalue weighted by molar-refractivity contribution is -0.384. The number of amides is 1. The summed E-state index contributed by atoms with van der Waals surface area (Å²) >= 11 is 0. The molecule has 0 spiro atoms. The number of nitrogens with one attached hydrogen (secondary N) is 3. The molecule has 0 aliphatic rings. The summed E-state index contributed by atoms with van der Waals surface area (Å²) in [5.41, 5.74) is -1.30. The number of alkyl halides is 3. The maximum absolute atomic E-state index is 12.7. The van der Waals surface area contributed by atoms with Crippen LogP contribution in [0.25, 0.3) is 0 Å². The summed E-state index contributed by atoms with van der Waals surface area (Å²) in [7, 11) is -3.44. The van der Waals surface area contributed by atoms with E-state index in [1.165, 1.54) is 24.3 Å². The van der Waals surface area contributed by atoms with E-state index in [2.05, 4.69) is 15.4 Å². The molecule has 13 heteroatoms. The quantitative estimate of drug-likeness (QED) is 0.349. The van der Waals surface area contributed by atoms with Crippen LogP contribution < -0.4 is 15.4 Å². The van der Waals surface area contributed by atoms with Crippen LogP contribution in [0.5, 0.6) is 0 Å². The number of carbonyl (C=O) groups excluding carboxylic acids is 1. The zero-order chi connectivity index (χ0) is 23.9. The van der Waals surface area contributed by atoms with E-state index >= 15 is 0 Å². The summed E-state index contributed by atoms with van der Waals surface area (Å²) in [5.74, 6) is -0.471. The minimum Gasteiger partial charge on any atom is -0.379 e. The van der Waals surface area contributed by atoms with Gasteiger partial charge in [0.1, 0.15) is 5.69 Å². The number of nitro benzene ring substituents is 1. The Labute approximate surface area is 182 Å². The topological polar surface area (TPSA) is 130 Å². The molecule has 3 N–H and O–H groups in total. The molecule has 0 bridgehead atoms. The number of nitro groups is 1. The largest absolute Gasteiger partial charge is 0.416 e. The number of hydrogen-bond donors (Lipinski definition) is 3. The van der Waals surface area contributed by atoms with Crippen LogP contribution in [0.1, 0.15) is 25.3 Å². The van der Waals surface area contributed by atoms with Gasteiger partial charge in [-0.25, -0.2) is 8.42 Å². The highest BCUT2D eigenvalue weighted by Crippen LogP contribution is 2.34. The second kappa shape index (κ2) is 10.3. The number of rotatable bonds is 10. The minimum atomic E-state index is -4.71. The first-order chi connectivity index (χ1) is 14.9. The third-order valence-electron chi connectivity index (χ3n) is 4.10. The normalized spacial score (nSPS) is 11.6. The number of halogens is 3. The SMILES string of the molecule is CCCS(=O)(=O)Nc1ccc(NC(=O)CCNc2ccc(C(F)(F)F)cc2[N+](=O)[O-])cc1. The van der Waals surface area contributed by atoms with Crippen LogP contribution in [0.15, 0.2) is 42.5 Å². The molecule has 2 aromatic rings. The molecule has 32 heavy (non-hydrogen) atoms. The Morgan fingerprint density at radius 3 is 2.28 bits per heavy atom. The Balaban J connectivity index is 1.92. The van der Waals surface area contributed by atoms with E-state index in [0.29, 0.717) is 29.9 Å². The highest BCUT2D eigenvalue weighted by Gasteiger charge is 2.33. The van der Waals surface area contributed by atoms with E-state index in [4.69, 9.17) is 0 Å². The van der Waals surface area contributed by atoms with Crippen molar-refractivity contribution in [1.29, 1.82) is 0 Å². The number of nitrogens with zero attached hydrogens (tertiary/aromatic N) is 1. The molecule has 0 heterocycles. The third kappa shape index (κ3) is 7.41. The molecule has 174 valence electrons. The third-order valence-corrected chi connectivity index (χ3v) is 5.60. The molecule has 2 rings (SSSR count). The Morgan fingerprint density at radius 2 is 1.72 bits per heavy atom. The van der Waals surface area contributed by atoms with Crippen molar-refractivity contribution in [2.24, 2.45) is 0 Å². The Kier molecular flexibility index (Phi) is 8.02. The lowest BCUT2D eigenvalue weighted by Crippen LogP contribution is -2.17. The predicted octanol–water partition coefficient (Wildman–Crippen LogP) is 4.21. The summed E-state index contributed by atoms with van der Waals surface area (Å²) < 4.78 is 64.1. The molecule has 1 amide bonds. The Morgan fingerprint density at radius 1 is 1.09 bits per heavy atom. The minimum absolute atomic E-state index is 0.0183. The molecule has 0 saturated carbocycles. The molecule has 9 nitrogen and oxygen atoms in total. The summed E-state index contributed by atoms with van der Waals surface area (Å²) in [6, 6.07) is 8.03. The predicted molar refractivity (Wildman–Crippen MR) is 114 cm³/mol. The van der Waals surface area contributed by atoms with Crippen molar-refractivity contribution in [2.45, 2.75) is 25.9 Å². The van der Waals surface area contributed by atoms with Gasteiger partial charge in [-0.15, -0.1) is 0 Å². The number of carbonyl (C=O) groups is 1. The molecular formula is C19H21F3N4O5S. The summed E-state index contributed by atoms with van der Waals surface area (Å²) in [6.45, 7) is 1.68. The second-order valence-corrected chi connectivity index (χ2v) is 8.55. The van der Waals surface area contributed by atoms with Crippen molar-refractivity contribution in [3.05, 3.63) is 58.1 Å². The van der Waals surface area contributed by atoms with Gasteiger partial charge in [0.2, 0.25) is 15.9 Å². The van der Waals surface area contributed by atoms with Crippen molar-refractivity contribution in [3.8, 4) is 0 Å². The van der Waals surface area contributed by atoms with Crippen molar-refractivity contribution in [2.75, 3.05) is 27.7 Å². The fourth-order valence-corrected chi connectivity index (χ4v) is 3.80. The van der Waals surface area contributed by atoms with Crippen LogP contribution >= 0.6 is 0 Å². The van der Waals surface area contributed by atoms with Crippen LogP contribution in [-0.2, 0) is 21.0 Å². The van der Waals surface area contributed by atoms with Crippen LogP contribution in [0, 0.1) is 10.1 Å². The molecule has 0 radical (unpaired) electrons. The number of hydrogen-bond acceptors (Lipinski definition) is 6. The zero-order valence-corrected chi connectivity index (χ0v) is 17.7. The van der Waals surface area contributed by atoms with Crippen LogP contribution in [0.2, 0.25) is 0 Å². The van der Waals surface area contributed by atoms with E-state index in [9.17, 15) is 36.5 Å². The highest BCUT2D eigenvalue weighted by atomic mass is 32.2. The summed E-state index contributed by atoms with van der Waals surface area (Å²) in [4.78, 5) is 22.2. The Hall–Kier alpha value is -3.35. The van der Waals surface area contributed by atoms with E-state index < -0.39 is 38.3 Å². The number of sulfonamides is 1. The van der Waals surface area contributed by atoms with E-state index in [0.717, 1.165) is 6.07 Å². The smallest absolute Gasteiger partial charge is 0.379 e. The second-order valence-electron chi connectivity index (χ2n) is 6.71. The van der Waals surface area contributed by atoms with Crippen LogP contribution in [0.3, 0.4) is 0 Å². The van der Waals surface area contributed by atoms with Gasteiger partial charge >= 0.3 is 6.18 Å². The molecular weight excluding hydrogens is 453 g/mol. The zero-order valence-electron chi connectivity index (χ0n) is 16.9. The lowest BCUT2D eigenvalue weighted by atomic mass is 10.1. The van der Waals surface area contributed by atoms with Gasteiger partial charge in [0.15, 0.2) is 0 Å². The van der Waals surface area contributed by atoms with Crippen LogP contribution in [-0.4, -0.2) is 31.5 Å². The monoisotopic (exact) mass is 474 g/mol. The van der Waals surface area contributed by atoms with Crippen molar-refractivity contribution in [1.82, 2.24) is 0 Å². The fourth-order valence-electron chi connectivity index (χ4n) is 2.66. The highest BCUT2D eigenvalue weighted by molar-refractivity contribution is 7.92. The first-order valence-corrected chi connectivity index (χ1v) is 11.1. The fraction of sp³-hybridized carbons (Fsp3) is 0.316. The first-order valence-electron chi connectivity index (χ1n) is 9.41. The maximum Gasteiger partial charge on any atom is 0.416 e. The van der Waals surface area contributed by atoms with Gasteiger partial charge in [-0.3, -0.25) is 19.6 Å². The first kappa shape index (κ1) is 24.9. The van der Waals surface area contributed by atoms with Gasteiger partial charge in [0, 0.05) is 30.4 Å². The molecule has 0 fully saturated rings. The molecule has 0 atom stereocenters. The molecule has 0 aliphatic carbocycles. The summed E-state index contributed by atoms with van der Waals surface area (Å²) in [6.07, 6.45) is -4.37. The van der Waals surface area contributed by atoms with E-state index in [1.54, 1.807) is 6.92 Å². The summed E-state index contributed by atoms with van der Waals surface area (Å²) in [5, 5.41) is 16.2. The van der Waals surface area contributed by atoms with E-state index in [-0.39, 0.29) is 24.4 Å². The average molecular weight is 474 g/mol. The molecule has 0 aliphatic heterocycles. The van der Waals surface area contributed by atoms with Gasteiger partial charge in [-0.2, -0.15) is 13.2 Å². The van der Waals surface area contributed by atoms with Crippen LogP contribution in [0.4, 0.5) is 35.9 Å². The maximum atomic E-state index is 12.7. The lowest BCUT2D eigenvalue weighted by Gasteiger charge is -2.11. The molecule has 0 unspecified atom stereocenters.